The SMILES string of the molecule is O=C(O[C@@H]1CCS(=O)(=O)C1)c1ccnc(OCc2ccccc2)c1. The predicted octanol–water partition coefficient (Wildman–Crippen LogP) is 2.00. The van der Waals surface area contributed by atoms with E-state index in [1.54, 1.807) is 0 Å². The molecule has 24 heavy (non-hydrogen) atoms. The number of nitrogens with zero attached hydrogens (tertiary/aromatic N) is 1. The Hall–Kier alpha value is -2.41. The molecule has 1 saturated heterocycles. The van der Waals surface area contributed by atoms with Gasteiger partial charge >= 0.3 is 5.97 Å². The fourth-order valence-corrected chi connectivity index (χ4v) is 4.01. The fraction of sp³-hybridized carbons (Fsp3) is 0.294. The third-order valence-electron chi connectivity index (χ3n) is 3.66. The number of carbonyl (C=O) groups is 1. The van der Waals surface area contributed by atoms with E-state index < -0.39 is 21.9 Å². The molecular weight excluding hydrogens is 330 g/mol. The molecule has 1 aromatic carbocycles. The number of hydrogen-bond donors (Lipinski definition) is 0. The van der Waals surface area contributed by atoms with Crippen LogP contribution in [0.15, 0.2) is 48.7 Å². The summed E-state index contributed by atoms with van der Waals surface area (Å²) in [6, 6.07) is 12.6. The quantitative estimate of drug-likeness (QED) is 0.770. The van der Waals surface area contributed by atoms with Crippen LogP contribution in [0.1, 0.15) is 22.3 Å². The Balaban J connectivity index is 1.61. The van der Waals surface area contributed by atoms with Crippen LogP contribution in [0.2, 0.25) is 0 Å². The lowest BCUT2D eigenvalue weighted by molar-refractivity contribution is 0.0355. The predicted molar refractivity (Wildman–Crippen MR) is 87.5 cm³/mol. The molecule has 0 radical (unpaired) electrons. The molecule has 0 N–H and O–H groups in total. The second-order valence-electron chi connectivity index (χ2n) is 5.59. The Morgan fingerprint density at radius 3 is 2.71 bits per heavy atom. The first-order chi connectivity index (χ1) is 11.5. The monoisotopic (exact) mass is 347 g/mol. The van der Waals surface area contributed by atoms with E-state index in [0.29, 0.717) is 18.9 Å². The summed E-state index contributed by atoms with van der Waals surface area (Å²) in [6.07, 6.45) is 1.23. The number of ether oxygens (including phenoxy) is 2. The fourth-order valence-electron chi connectivity index (χ4n) is 2.42. The van der Waals surface area contributed by atoms with E-state index in [4.69, 9.17) is 9.47 Å². The number of esters is 1. The Morgan fingerprint density at radius 1 is 1.21 bits per heavy atom. The number of aromatic nitrogens is 1. The summed E-state index contributed by atoms with van der Waals surface area (Å²) >= 11 is 0. The van der Waals surface area contributed by atoms with E-state index in [-0.39, 0.29) is 17.1 Å². The van der Waals surface area contributed by atoms with Gasteiger partial charge in [0.1, 0.15) is 12.7 Å². The summed E-state index contributed by atoms with van der Waals surface area (Å²) in [4.78, 5) is 16.2. The minimum atomic E-state index is -3.08. The number of rotatable bonds is 5. The molecule has 1 aromatic heterocycles. The smallest absolute Gasteiger partial charge is 0.338 e. The molecule has 0 saturated carbocycles. The maximum atomic E-state index is 12.1. The van der Waals surface area contributed by atoms with Gasteiger partial charge in [-0.25, -0.2) is 18.2 Å². The van der Waals surface area contributed by atoms with Crippen LogP contribution in [0.4, 0.5) is 0 Å². The van der Waals surface area contributed by atoms with Gasteiger partial charge in [-0.2, -0.15) is 0 Å². The number of carbonyl (C=O) groups excluding carboxylic acids is 1. The van der Waals surface area contributed by atoms with Crippen LogP contribution in [0.25, 0.3) is 0 Å². The van der Waals surface area contributed by atoms with Crippen LogP contribution < -0.4 is 4.74 Å². The molecule has 0 aliphatic carbocycles. The van der Waals surface area contributed by atoms with E-state index in [9.17, 15) is 13.2 Å². The molecule has 3 rings (SSSR count). The lowest BCUT2D eigenvalue weighted by Gasteiger charge is -2.11. The Labute approximate surface area is 140 Å². The molecule has 1 fully saturated rings. The van der Waals surface area contributed by atoms with Crippen LogP contribution in [0, 0.1) is 0 Å². The first kappa shape index (κ1) is 16.4. The highest BCUT2D eigenvalue weighted by molar-refractivity contribution is 7.91. The molecule has 6 nitrogen and oxygen atoms in total. The molecule has 0 unspecified atom stereocenters. The zero-order valence-corrected chi connectivity index (χ0v) is 13.7. The average molecular weight is 347 g/mol. The van der Waals surface area contributed by atoms with E-state index in [1.807, 2.05) is 30.3 Å². The molecule has 0 spiro atoms. The van der Waals surface area contributed by atoms with Gasteiger partial charge in [0.2, 0.25) is 5.88 Å². The molecule has 1 atom stereocenters. The van der Waals surface area contributed by atoms with Gasteiger partial charge in [0.25, 0.3) is 0 Å². The van der Waals surface area contributed by atoms with Crippen LogP contribution in [-0.4, -0.2) is 37.0 Å². The summed E-state index contributed by atoms with van der Waals surface area (Å²) < 4.78 is 33.6. The lowest BCUT2D eigenvalue weighted by atomic mass is 10.2. The van der Waals surface area contributed by atoms with Crippen molar-refractivity contribution in [2.45, 2.75) is 19.1 Å². The largest absolute Gasteiger partial charge is 0.473 e. The summed E-state index contributed by atoms with van der Waals surface area (Å²) in [6.45, 7) is 0.340. The first-order valence-electron chi connectivity index (χ1n) is 7.56. The second-order valence-corrected chi connectivity index (χ2v) is 7.82. The van der Waals surface area contributed by atoms with Gasteiger partial charge in [-0.1, -0.05) is 30.3 Å². The van der Waals surface area contributed by atoms with Crippen LogP contribution >= 0.6 is 0 Å². The third-order valence-corrected chi connectivity index (χ3v) is 5.40. The summed E-state index contributed by atoms with van der Waals surface area (Å²) in [5.41, 5.74) is 1.28. The Bertz CT molecular complexity index is 820. The number of hydrogen-bond acceptors (Lipinski definition) is 6. The third kappa shape index (κ3) is 4.32. The van der Waals surface area contributed by atoms with E-state index in [1.165, 1.54) is 18.3 Å². The van der Waals surface area contributed by atoms with Crippen LogP contribution in [0.5, 0.6) is 5.88 Å². The molecule has 126 valence electrons. The maximum Gasteiger partial charge on any atom is 0.338 e. The normalized spacial score (nSPS) is 18.9. The standard InChI is InChI=1S/C17H17NO5S/c19-17(23-15-7-9-24(20,21)12-15)14-6-8-18-16(10-14)22-11-13-4-2-1-3-5-13/h1-6,8,10,15H,7,9,11-12H2/t15-/m1/s1. The van der Waals surface area contributed by atoms with Crippen molar-refractivity contribution >= 4 is 15.8 Å². The van der Waals surface area contributed by atoms with Gasteiger partial charge < -0.3 is 9.47 Å². The second kappa shape index (κ2) is 7.00. The minimum Gasteiger partial charge on any atom is -0.473 e. The van der Waals surface area contributed by atoms with E-state index in [0.717, 1.165) is 5.56 Å². The molecular formula is C17H17NO5S. The van der Waals surface area contributed by atoms with E-state index in [2.05, 4.69) is 4.98 Å². The number of benzene rings is 1. The van der Waals surface area contributed by atoms with Crippen molar-refractivity contribution in [1.82, 2.24) is 4.98 Å². The van der Waals surface area contributed by atoms with Gasteiger partial charge in [-0.3, -0.25) is 0 Å². The molecule has 0 amide bonds. The summed E-state index contributed by atoms with van der Waals surface area (Å²) in [7, 11) is -3.08. The number of sulfone groups is 1. The lowest BCUT2D eigenvalue weighted by Crippen LogP contribution is -2.19. The molecule has 1 aliphatic heterocycles. The average Bonchev–Trinajstić information content (AvgIpc) is 2.93. The Morgan fingerprint density at radius 2 is 2.00 bits per heavy atom. The molecule has 7 heteroatoms. The van der Waals surface area contributed by atoms with Gasteiger partial charge in [-0.15, -0.1) is 0 Å². The van der Waals surface area contributed by atoms with Crippen LogP contribution in [0.3, 0.4) is 0 Å². The van der Waals surface area contributed by atoms with Gasteiger partial charge in [0.05, 0.1) is 17.1 Å². The first-order valence-corrected chi connectivity index (χ1v) is 9.38. The van der Waals surface area contributed by atoms with Crippen molar-refractivity contribution in [3.8, 4) is 5.88 Å². The van der Waals surface area contributed by atoms with Crippen molar-refractivity contribution in [3.63, 3.8) is 0 Å². The topological polar surface area (TPSA) is 82.6 Å². The maximum absolute atomic E-state index is 12.1. The minimum absolute atomic E-state index is 0.0622. The highest BCUT2D eigenvalue weighted by Gasteiger charge is 2.31. The van der Waals surface area contributed by atoms with Crippen molar-refractivity contribution in [2.75, 3.05) is 11.5 Å². The van der Waals surface area contributed by atoms with Crippen molar-refractivity contribution in [1.29, 1.82) is 0 Å². The highest BCUT2D eigenvalue weighted by atomic mass is 32.2. The van der Waals surface area contributed by atoms with Gasteiger partial charge in [0, 0.05) is 12.3 Å². The van der Waals surface area contributed by atoms with Gasteiger partial charge in [0.15, 0.2) is 9.84 Å². The summed E-state index contributed by atoms with van der Waals surface area (Å²) in [5, 5.41) is 0. The van der Waals surface area contributed by atoms with E-state index >= 15 is 0 Å². The van der Waals surface area contributed by atoms with Crippen molar-refractivity contribution < 1.29 is 22.7 Å². The molecule has 2 heterocycles. The zero-order chi connectivity index (χ0) is 17.0. The Kier molecular flexibility index (Phi) is 4.80. The van der Waals surface area contributed by atoms with Gasteiger partial charge in [-0.05, 0) is 18.1 Å². The molecule has 2 aromatic rings. The van der Waals surface area contributed by atoms with Crippen molar-refractivity contribution in [3.05, 3.63) is 59.8 Å². The van der Waals surface area contributed by atoms with Crippen molar-refractivity contribution in [2.24, 2.45) is 0 Å². The highest BCUT2D eigenvalue weighted by Crippen LogP contribution is 2.18. The molecule has 0 bridgehead atoms. The molecule has 1 aliphatic rings. The zero-order valence-electron chi connectivity index (χ0n) is 12.9. The number of pyridine rings is 1. The van der Waals surface area contributed by atoms with Crippen LogP contribution in [-0.2, 0) is 21.2 Å². The summed E-state index contributed by atoms with van der Waals surface area (Å²) in [5.74, 6) is -0.301.